The van der Waals surface area contributed by atoms with E-state index in [4.69, 9.17) is 9.72 Å². The molecule has 2 amide bonds. The molecule has 3 aliphatic rings. The average molecular weight is 609 g/mol. The molecule has 0 aliphatic carbocycles. The van der Waals surface area contributed by atoms with Gasteiger partial charge in [0.1, 0.15) is 17.4 Å². The molecule has 7 rings (SSSR count). The van der Waals surface area contributed by atoms with Gasteiger partial charge >= 0.3 is 0 Å². The molecule has 10 heteroatoms. The molecule has 0 N–H and O–H groups in total. The first-order chi connectivity index (χ1) is 22.0. The van der Waals surface area contributed by atoms with Crippen LogP contribution >= 0.6 is 0 Å². The number of halogens is 1. The SMILES string of the molecule is Cc1cc2c(cc1OCCCCN1CCN(C(=O)c3nc(-c4ccc(F)cc4)n4ccccc34)CC1)N=C[C@@H]1CCCN1C2=O. The number of fused-ring (bicyclic) bond motifs is 3. The Labute approximate surface area is 261 Å². The molecule has 2 fully saturated rings. The van der Waals surface area contributed by atoms with Crippen molar-refractivity contribution in [3.05, 3.63) is 83.4 Å². The van der Waals surface area contributed by atoms with Crippen molar-refractivity contribution in [1.29, 1.82) is 0 Å². The number of carbonyl (C=O) groups is 2. The second kappa shape index (κ2) is 12.4. The Kier molecular flexibility index (Phi) is 8.06. The van der Waals surface area contributed by atoms with E-state index in [2.05, 4.69) is 9.89 Å². The van der Waals surface area contributed by atoms with Crippen molar-refractivity contribution < 1.29 is 18.7 Å². The molecular formula is C35H37FN6O3. The van der Waals surface area contributed by atoms with Gasteiger partial charge in [-0.1, -0.05) is 6.07 Å². The van der Waals surface area contributed by atoms with Crippen LogP contribution in [0.3, 0.4) is 0 Å². The van der Waals surface area contributed by atoms with E-state index in [1.54, 1.807) is 12.1 Å². The maximum absolute atomic E-state index is 13.6. The number of hydrogen-bond acceptors (Lipinski definition) is 6. The van der Waals surface area contributed by atoms with E-state index in [0.29, 0.717) is 42.5 Å². The molecule has 2 aromatic heterocycles. The Hall–Kier alpha value is -4.57. The number of aryl methyl sites for hydroxylation is 1. The molecule has 1 atom stereocenters. The van der Waals surface area contributed by atoms with Gasteiger partial charge in [-0.3, -0.25) is 23.9 Å². The topological polar surface area (TPSA) is 82.8 Å². The monoisotopic (exact) mass is 608 g/mol. The predicted octanol–water partition coefficient (Wildman–Crippen LogP) is 5.39. The maximum atomic E-state index is 13.6. The van der Waals surface area contributed by atoms with Crippen LogP contribution in [0.25, 0.3) is 16.9 Å². The highest BCUT2D eigenvalue weighted by atomic mass is 19.1. The van der Waals surface area contributed by atoms with Crippen LogP contribution in [0.2, 0.25) is 0 Å². The third-order valence-corrected chi connectivity index (χ3v) is 9.11. The molecule has 0 saturated carbocycles. The Morgan fingerprint density at radius 2 is 1.84 bits per heavy atom. The summed E-state index contributed by atoms with van der Waals surface area (Å²) in [6.07, 6.45) is 7.67. The summed E-state index contributed by atoms with van der Waals surface area (Å²) in [5.41, 5.74) is 4.22. The van der Waals surface area contributed by atoms with Crippen molar-refractivity contribution in [2.24, 2.45) is 4.99 Å². The molecular weight excluding hydrogens is 571 g/mol. The zero-order valence-electron chi connectivity index (χ0n) is 25.5. The summed E-state index contributed by atoms with van der Waals surface area (Å²) >= 11 is 0. The molecule has 2 aromatic carbocycles. The maximum Gasteiger partial charge on any atom is 0.274 e. The van der Waals surface area contributed by atoms with E-state index >= 15 is 0 Å². The van der Waals surface area contributed by atoms with E-state index in [0.717, 1.165) is 74.3 Å². The first-order valence-corrected chi connectivity index (χ1v) is 15.8. The molecule has 4 aromatic rings. The fourth-order valence-electron chi connectivity index (χ4n) is 6.57. The number of pyridine rings is 1. The molecule has 0 unspecified atom stereocenters. The number of benzene rings is 2. The summed E-state index contributed by atoms with van der Waals surface area (Å²) in [5, 5.41) is 0. The van der Waals surface area contributed by atoms with Crippen LogP contribution in [-0.2, 0) is 0 Å². The van der Waals surface area contributed by atoms with Crippen LogP contribution in [-0.4, -0.2) is 94.0 Å². The van der Waals surface area contributed by atoms with E-state index in [1.165, 1.54) is 12.1 Å². The number of aromatic nitrogens is 2. The minimum atomic E-state index is -0.310. The van der Waals surface area contributed by atoms with Gasteiger partial charge in [-0.15, -0.1) is 0 Å². The lowest BCUT2D eigenvalue weighted by molar-refractivity contribution is 0.0630. The van der Waals surface area contributed by atoms with Crippen LogP contribution in [0.5, 0.6) is 5.75 Å². The molecule has 2 saturated heterocycles. The lowest BCUT2D eigenvalue weighted by Gasteiger charge is -2.34. The molecule has 0 bridgehead atoms. The number of unbranched alkanes of at least 4 members (excludes halogenated alkanes) is 1. The zero-order chi connectivity index (χ0) is 30.9. The Bertz CT molecular complexity index is 1760. The third-order valence-electron chi connectivity index (χ3n) is 9.11. The van der Waals surface area contributed by atoms with E-state index in [-0.39, 0.29) is 23.7 Å². The summed E-state index contributed by atoms with van der Waals surface area (Å²) < 4.78 is 21.5. The number of ether oxygens (including phenoxy) is 1. The van der Waals surface area contributed by atoms with Gasteiger partial charge < -0.3 is 14.5 Å². The van der Waals surface area contributed by atoms with Crippen molar-refractivity contribution >= 4 is 29.2 Å². The van der Waals surface area contributed by atoms with Crippen LogP contribution in [0.4, 0.5) is 10.1 Å². The molecule has 45 heavy (non-hydrogen) atoms. The van der Waals surface area contributed by atoms with Crippen LogP contribution in [0.15, 0.2) is 65.8 Å². The van der Waals surface area contributed by atoms with Gasteiger partial charge in [0.05, 0.1) is 29.4 Å². The van der Waals surface area contributed by atoms with Gasteiger partial charge in [-0.25, -0.2) is 9.37 Å². The third kappa shape index (κ3) is 5.82. The quantitative estimate of drug-likeness (QED) is 0.251. The van der Waals surface area contributed by atoms with Crippen molar-refractivity contribution in [3.63, 3.8) is 0 Å². The van der Waals surface area contributed by atoms with E-state index in [1.807, 2.05) is 63.9 Å². The first-order valence-electron chi connectivity index (χ1n) is 15.8. The van der Waals surface area contributed by atoms with Crippen LogP contribution in [0.1, 0.15) is 52.1 Å². The van der Waals surface area contributed by atoms with Gasteiger partial charge in [0, 0.05) is 56.8 Å². The Balaban J connectivity index is 0.903. The van der Waals surface area contributed by atoms with Gasteiger partial charge in [0.25, 0.3) is 11.8 Å². The predicted molar refractivity (Wildman–Crippen MR) is 171 cm³/mol. The van der Waals surface area contributed by atoms with Crippen molar-refractivity contribution in [2.45, 2.75) is 38.6 Å². The summed E-state index contributed by atoms with van der Waals surface area (Å²) in [7, 11) is 0. The lowest BCUT2D eigenvalue weighted by atomic mass is 10.1. The number of hydrogen-bond donors (Lipinski definition) is 0. The molecule has 3 aliphatic heterocycles. The second-order valence-electron chi connectivity index (χ2n) is 12.1. The highest BCUT2D eigenvalue weighted by Crippen LogP contribution is 2.34. The molecule has 232 valence electrons. The summed E-state index contributed by atoms with van der Waals surface area (Å²) in [6.45, 7) is 7.18. The fourth-order valence-corrected chi connectivity index (χ4v) is 6.57. The van der Waals surface area contributed by atoms with E-state index in [9.17, 15) is 14.0 Å². The van der Waals surface area contributed by atoms with Crippen molar-refractivity contribution in [3.8, 4) is 17.1 Å². The van der Waals surface area contributed by atoms with Crippen molar-refractivity contribution in [2.75, 3.05) is 45.9 Å². The first kappa shape index (κ1) is 29.2. The minimum Gasteiger partial charge on any atom is -0.493 e. The summed E-state index contributed by atoms with van der Waals surface area (Å²) in [4.78, 5) is 42.2. The van der Waals surface area contributed by atoms with Gasteiger partial charge in [-0.05, 0) is 87.2 Å². The van der Waals surface area contributed by atoms with Gasteiger partial charge in [0.2, 0.25) is 0 Å². The highest BCUT2D eigenvalue weighted by molar-refractivity contribution is 6.03. The summed E-state index contributed by atoms with van der Waals surface area (Å²) in [5.74, 6) is 1.08. The van der Waals surface area contributed by atoms with Crippen molar-refractivity contribution in [1.82, 2.24) is 24.1 Å². The Morgan fingerprint density at radius 1 is 1.02 bits per heavy atom. The molecule has 5 heterocycles. The molecule has 0 radical (unpaired) electrons. The highest BCUT2D eigenvalue weighted by Gasteiger charge is 2.32. The number of aliphatic imine (C=N–C) groups is 1. The fraction of sp³-hybridized carbons (Fsp3) is 0.371. The zero-order valence-corrected chi connectivity index (χ0v) is 25.5. The Morgan fingerprint density at radius 3 is 2.67 bits per heavy atom. The van der Waals surface area contributed by atoms with E-state index < -0.39 is 0 Å². The van der Waals surface area contributed by atoms with Gasteiger partial charge in [0.15, 0.2) is 5.69 Å². The number of piperazine rings is 1. The second-order valence-corrected chi connectivity index (χ2v) is 12.1. The van der Waals surface area contributed by atoms with Gasteiger partial charge in [-0.2, -0.15) is 0 Å². The standard InChI is InChI=1S/C35H37FN6O3/c1-24-21-28-29(37-23-27-7-6-15-41(27)34(28)43)22-31(24)45-20-5-4-13-39-16-18-40(19-17-39)35(44)32-30-8-2-3-14-42(30)33(38-32)25-9-11-26(36)12-10-25/h2-3,8-12,14,21-23,27H,4-7,13,15-20H2,1H3/t27-/m0/s1. The number of amides is 2. The molecule has 9 nitrogen and oxygen atoms in total. The summed E-state index contributed by atoms with van der Waals surface area (Å²) in [6, 6.07) is 15.8. The van der Waals surface area contributed by atoms with Crippen LogP contribution in [0, 0.1) is 12.7 Å². The average Bonchev–Trinajstić information content (AvgIpc) is 3.67. The number of imidazole rings is 1. The number of rotatable bonds is 8. The lowest BCUT2D eigenvalue weighted by Crippen LogP contribution is -2.49. The number of carbonyl (C=O) groups excluding carboxylic acids is 2. The molecule has 0 spiro atoms. The normalized spacial score (nSPS) is 18.3. The minimum absolute atomic E-state index is 0.0643. The van der Waals surface area contributed by atoms with Crippen LogP contribution < -0.4 is 4.74 Å². The largest absolute Gasteiger partial charge is 0.493 e. The number of nitrogens with zero attached hydrogens (tertiary/aromatic N) is 6. The smallest absolute Gasteiger partial charge is 0.274 e.